The number of carbonyl (C=O) groups excluding carboxylic acids is 1. The molecule has 16 heavy (non-hydrogen) atoms. The third-order valence-electron chi connectivity index (χ3n) is 2.52. The Kier molecular flexibility index (Phi) is 2.57. The standard InChI is InChI=1S/C13H10N2O/c14-8-12(13(15)16)11-6-5-9-3-1-2-4-10(9)7-11/h1-7,12H,(H2,15,16). The lowest BCUT2D eigenvalue weighted by atomic mass is 9.97. The summed E-state index contributed by atoms with van der Waals surface area (Å²) in [6, 6.07) is 15.2. The summed E-state index contributed by atoms with van der Waals surface area (Å²) < 4.78 is 0. The molecule has 0 spiro atoms. The highest BCUT2D eigenvalue weighted by Crippen LogP contribution is 2.21. The van der Waals surface area contributed by atoms with Gasteiger partial charge in [0, 0.05) is 0 Å². The number of primary amides is 1. The number of carbonyl (C=O) groups is 1. The van der Waals surface area contributed by atoms with E-state index in [1.54, 1.807) is 6.07 Å². The van der Waals surface area contributed by atoms with Crippen LogP contribution in [0, 0.1) is 11.3 Å². The third-order valence-corrected chi connectivity index (χ3v) is 2.52. The lowest BCUT2D eigenvalue weighted by molar-refractivity contribution is -0.118. The zero-order valence-electron chi connectivity index (χ0n) is 8.55. The van der Waals surface area contributed by atoms with E-state index in [4.69, 9.17) is 11.0 Å². The van der Waals surface area contributed by atoms with Crippen LogP contribution in [0.4, 0.5) is 0 Å². The van der Waals surface area contributed by atoms with Gasteiger partial charge in [-0.25, -0.2) is 0 Å². The van der Waals surface area contributed by atoms with E-state index in [0.29, 0.717) is 5.56 Å². The maximum absolute atomic E-state index is 11.1. The van der Waals surface area contributed by atoms with Gasteiger partial charge in [-0.3, -0.25) is 4.79 Å². The first-order valence-corrected chi connectivity index (χ1v) is 4.90. The van der Waals surface area contributed by atoms with Gasteiger partial charge in [-0.1, -0.05) is 36.4 Å². The molecular formula is C13H10N2O. The van der Waals surface area contributed by atoms with Gasteiger partial charge in [0.2, 0.25) is 5.91 Å². The fourth-order valence-electron chi connectivity index (χ4n) is 1.69. The Morgan fingerprint density at radius 2 is 1.88 bits per heavy atom. The smallest absolute Gasteiger partial charge is 0.239 e. The fourth-order valence-corrected chi connectivity index (χ4v) is 1.69. The van der Waals surface area contributed by atoms with Crippen LogP contribution in [-0.2, 0) is 4.79 Å². The summed E-state index contributed by atoms with van der Waals surface area (Å²) in [6.45, 7) is 0. The molecule has 2 aromatic rings. The molecule has 1 unspecified atom stereocenters. The number of benzene rings is 2. The molecule has 0 aliphatic heterocycles. The molecule has 0 aliphatic carbocycles. The van der Waals surface area contributed by atoms with E-state index in [1.807, 2.05) is 42.5 Å². The highest BCUT2D eigenvalue weighted by Gasteiger charge is 2.16. The fraction of sp³-hybridized carbons (Fsp3) is 0.0769. The zero-order valence-corrected chi connectivity index (χ0v) is 8.55. The Balaban J connectivity index is 2.55. The molecule has 2 aromatic carbocycles. The molecule has 0 heterocycles. The van der Waals surface area contributed by atoms with Gasteiger partial charge >= 0.3 is 0 Å². The van der Waals surface area contributed by atoms with Crippen molar-refractivity contribution in [3.63, 3.8) is 0 Å². The van der Waals surface area contributed by atoms with Gasteiger partial charge in [0.15, 0.2) is 0 Å². The first-order valence-electron chi connectivity index (χ1n) is 4.90. The molecule has 0 saturated carbocycles. The topological polar surface area (TPSA) is 66.9 Å². The van der Waals surface area contributed by atoms with Crippen molar-refractivity contribution in [1.82, 2.24) is 0 Å². The highest BCUT2D eigenvalue weighted by molar-refractivity contribution is 5.88. The molecular weight excluding hydrogens is 200 g/mol. The van der Waals surface area contributed by atoms with E-state index in [2.05, 4.69) is 0 Å². The molecule has 2 N–H and O–H groups in total. The molecule has 78 valence electrons. The van der Waals surface area contributed by atoms with Gasteiger partial charge < -0.3 is 5.73 Å². The number of hydrogen-bond acceptors (Lipinski definition) is 2. The predicted octanol–water partition coefficient (Wildman–Crippen LogP) is 1.93. The number of nitrogens with two attached hydrogens (primary N) is 1. The van der Waals surface area contributed by atoms with Crippen LogP contribution < -0.4 is 5.73 Å². The third kappa shape index (κ3) is 1.73. The average Bonchev–Trinajstić information content (AvgIpc) is 2.29. The first-order chi connectivity index (χ1) is 7.72. The Morgan fingerprint density at radius 3 is 2.50 bits per heavy atom. The monoisotopic (exact) mass is 210 g/mol. The van der Waals surface area contributed by atoms with Crippen molar-refractivity contribution in [2.24, 2.45) is 5.73 Å². The summed E-state index contributed by atoms with van der Waals surface area (Å²) in [5.74, 6) is -1.48. The Bertz CT molecular complexity index is 584. The number of amides is 1. The highest BCUT2D eigenvalue weighted by atomic mass is 16.1. The summed E-state index contributed by atoms with van der Waals surface area (Å²) in [7, 11) is 0. The van der Waals surface area contributed by atoms with Crippen LogP contribution in [0.15, 0.2) is 42.5 Å². The minimum absolute atomic E-state index is 0.613. The maximum Gasteiger partial charge on any atom is 0.239 e. The molecule has 0 bridgehead atoms. The average molecular weight is 210 g/mol. The molecule has 0 aromatic heterocycles. The Morgan fingerprint density at radius 1 is 1.19 bits per heavy atom. The van der Waals surface area contributed by atoms with Gasteiger partial charge in [-0.05, 0) is 22.4 Å². The van der Waals surface area contributed by atoms with E-state index in [0.717, 1.165) is 10.8 Å². The van der Waals surface area contributed by atoms with E-state index in [9.17, 15) is 4.79 Å². The molecule has 0 saturated heterocycles. The minimum atomic E-state index is -0.871. The van der Waals surface area contributed by atoms with E-state index < -0.39 is 11.8 Å². The van der Waals surface area contributed by atoms with Crippen LogP contribution in [0.5, 0.6) is 0 Å². The second-order valence-corrected chi connectivity index (χ2v) is 3.57. The van der Waals surface area contributed by atoms with Crippen LogP contribution in [0.1, 0.15) is 11.5 Å². The maximum atomic E-state index is 11.1. The lowest BCUT2D eigenvalue weighted by Gasteiger charge is -2.06. The molecule has 3 nitrogen and oxygen atoms in total. The zero-order chi connectivity index (χ0) is 11.5. The number of hydrogen-bond donors (Lipinski definition) is 1. The Labute approximate surface area is 93.1 Å². The molecule has 2 rings (SSSR count). The van der Waals surface area contributed by atoms with Gasteiger partial charge in [0.1, 0.15) is 5.92 Å². The van der Waals surface area contributed by atoms with Crippen molar-refractivity contribution in [3.05, 3.63) is 48.0 Å². The molecule has 0 aliphatic rings. The van der Waals surface area contributed by atoms with Crippen LogP contribution in [0.2, 0.25) is 0 Å². The largest absolute Gasteiger partial charge is 0.368 e. The van der Waals surface area contributed by atoms with Crippen LogP contribution in [-0.4, -0.2) is 5.91 Å². The van der Waals surface area contributed by atoms with Crippen molar-refractivity contribution in [2.45, 2.75) is 5.92 Å². The van der Waals surface area contributed by atoms with Crippen LogP contribution >= 0.6 is 0 Å². The molecule has 1 amide bonds. The van der Waals surface area contributed by atoms with Crippen LogP contribution in [0.3, 0.4) is 0 Å². The summed E-state index contributed by atoms with van der Waals surface area (Å²) in [6.07, 6.45) is 0. The first kappa shape index (κ1) is 10.2. The molecule has 0 radical (unpaired) electrons. The summed E-state index contributed by atoms with van der Waals surface area (Å²) in [5, 5.41) is 10.9. The predicted molar refractivity (Wildman–Crippen MR) is 61.5 cm³/mol. The quantitative estimate of drug-likeness (QED) is 0.822. The lowest BCUT2D eigenvalue weighted by Crippen LogP contribution is -2.19. The minimum Gasteiger partial charge on any atom is -0.368 e. The van der Waals surface area contributed by atoms with E-state index >= 15 is 0 Å². The van der Waals surface area contributed by atoms with Crippen molar-refractivity contribution < 1.29 is 4.79 Å². The summed E-state index contributed by atoms with van der Waals surface area (Å²) in [4.78, 5) is 11.1. The van der Waals surface area contributed by atoms with Crippen molar-refractivity contribution >= 4 is 16.7 Å². The van der Waals surface area contributed by atoms with Gasteiger partial charge in [-0.2, -0.15) is 5.26 Å². The van der Waals surface area contributed by atoms with Gasteiger partial charge in [0.05, 0.1) is 6.07 Å². The van der Waals surface area contributed by atoms with Crippen molar-refractivity contribution in [2.75, 3.05) is 0 Å². The van der Waals surface area contributed by atoms with Gasteiger partial charge in [0.25, 0.3) is 0 Å². The summed E-state index contributed by atoms with van der Waals surface area (Å²) >= 11 is 0. The van der Waals surface area contributed by atoms with Crippen molar-refractivity contribution in [3.8, 4) is 6.07 Å². The van der Waals surface area contributed by atoms with Crippen LogP contribution in [0.25, 0.3) is 10.8 Å². The molecule has 0 fully saturated rings. The summed E-state index contributed by atoms with van der Waals surface area (Å²) in [5.41, 5.74) is 5.81. The molecule has 1 atom stereocenters. The second kappa shape index (κ2) is 4.03. The van der Waals surface area contributed by atoms with E-state index in [-0.39, 0.29) is 0 Å². The number of rotatable bonds is 2. The normalized spacial score (nSPS) is 11.9. The van der Waals surface area contributed by atoms with Gasteiger partial charge in [-0.15, -0.1) is 0 Å². The number of nitriles is 1. The van der Waals surface area contributed by atoms with Crippen molar-refractivity contribution in [1.29, 1.82) is 5.26 Å². The number of fused-ring (bicyclic) bond motifs is 1. The number of nitrogens with zero attached hydrogens (tertiary/aromatic N) is 1. The SMILES string of the molecule is N#CC(C(N)=O)c1ccc2ccccc2c1. The Hall–Kier alpha value is -2.34. The van der Waals surface area contributed by atoms with E-state index in [1.165, 1.54) is 0 Å². The second-order valence-electron chi connectivity index (χ2n) is 3.57. The molecule has 3 heteroatoms.